The van der Waals surface area contributed by atoms with Gasteiger partial charge >= 0.3 is 0 Å². The molecule has 3 aliphatic rings. The second-order valence-electron chi connectivity index (χ2n) is 10.7. The van der Waals surface area contributed by atoms with Gasteiger partial charge in [-0.1, -0.05) is 64.0 Å². The number of carbonyl (C=O) groups is 1. The lowest BCUT2D eigenvalue weighted by Gasteiger charge is -2.31. The second kappa shape index (κ2) is 12.5. The van der Waals surface area contributed by atoms with E-state index in [9.17, 15) is 4.79 Å². The molecule has 2 heterocycles. The number of aryl methyl sites for hydroxylation is 2. The van der Waals surface area contributed by atoms with E-state index < -0.39 is 0 Å². The van der Waals surface area contributed by atoms with Crippen molar-refractivity contribution in [3.8, 4) is 0 Å². The average molecular weight is 501 g/mol. The summed E-state index contributed by atoms with van der Waals surface area (Å²) < 4.78 is 0. The summed E-state index contributed by atoms with van der Waals surface area (Å²) in [5.74, 6) is 1.87. The van der Waals surface area contributed by atoms with Crippen LogP contribution >= 0.6 is 0 Å². The minimum absolute atomic E-state index is 0. The number of Topliss-reactive ketones (excluding diaryl/α,β-unsaturated/α-hetero) is 1. The van der Waals surface area contributed by atoms with Gasteiger partial charge in [0.05, 0.1) is 6.04 Å². The molecule has 2 aromatic rings. The zero-order valence-electron chi connectivity index (χ0n) is 23.4. The highest BCUT2D eigenvalue weighted by molar-refractivity contribution is 6.02. The molecule has 0 bridgehead atoms. The van der Waals surface area contributed by atoms with Crippen molar-refractivity contribution >= 4 is 11.5 Å². The number of nitrogens with zero attached hydrogens (tertiary/aromatic N) is 1. The van der Waals surface area contributed by atoms with Crippen LogP contribution in [0.4, 0.5) is 0 Å². The molecule has 2 aliphatic carbocycles. The monoisotopic (exact) mass is 500 g/mol. The molecule has 0 spiro atoms. The van der Waals surface area contributed by atoms with E-state index in [0.717, 1.165) is 40.4 Å². The quantitative estimate of drug-likeness (QED) is 0.431. The first-order chi connectivity index (χ1) is 18.0. The highest BCUT2D eigenvalue weighted by Crippen LogP contribution is 2.39. The Hall–Kier alpha value is -2.94. The first-order valence-electron chi connectivity index (χ1n) is 14.5. The molecule has 1 aromatic heterocycles. The summed E-state index contributed by atoms with van der Waals surface area (Å²) in [5.41, 5.74) is 9.29. The summed E-state index contributed by atoms with van der Waals surface area (Å²) in [6, 6.07) is 11.2. The minimum atomic E-state index is -0.0292. The summed E-state index contributed by atoms with van der Waals surface area (Å²) >= 11 is 0. The van der Waals surface area contributed by atoms with E-state index in [1.165, 1.54) is 55.2 Å². The smallest absolute Gasteiger partial charge is 0.165 e. The Kier molecular flexibility index (Phi) is 9.18. The molecule has 1 N–H and O–H groups in total. The van der Waals surface area contributed by atoms with Gasteiger partial charge in [0.2, 0.25) is 0 Å². The van der Waals surface area contributed by atoms with Crippen molar-refractivity contribution in [2.24, 2.45) is 5.92 Å². The third-order valence-corrected chi connectivity index (χ3v) is 8.17. The Labute approximate surface area is 227 Å². The molecule has 1 unspecified atom stereocenters. The van der Waals surface area contributed by atoms with Crippen LogP contribution < -0.4 is 5.32 Å². The molecule has 0 saturated heterocycles. The van der Waals surface area contributed by atoms with Crippen LogP contribution in [0.1, 0.15) is 102 Å². The molecule has 37 heavy (non-hydrogen) atoms. The second-order valence-corrected chi connectivity index (χ2v) is 10.7. The molecular formula is C34H48N2O. The molecule has 5 rings (SSSR count). The predicted molar refractivity (Wildman–Crippen MR) is 160 cm³/mol. The molecule has 3 heteroatoms. The Morgan fingerprint density at radius 3 is 2.51 bits per heavy atom. The van der Waals surface area contributed by atoms with Crippen LogP contribution in [0.2, 0.25) is 0 Å². The maximum absolute atomic E-state index is 12.9. The third-order valence-electron chi connectivity index (χ3n) is 8.17. The van der Waals surface area contributed by atoms with Crippen molar-refractivity contribution in [2.75, 3.05) is 0 Å². The summed E-state index contributed by atoms with van der Waals surface area (Å²) in [6.45, 7) is 10.6. The molecule has 1 aromatic carbocycles. The molecule has 0 amide bonds. The van der Waals surface area contributed by atoms with Crippen molar-refractivity contribution in [3.05, 3.63) is 93.9 Å². The van der Waals surface area contributed by atoms with E-state index in [-0.39, 0.29) is 14.7 Å². The maximum Gasteiger partial charge on any atom is 0.165 e. The van der Waals surface area contributed by atoms with Crippen molar-refractivity contribution in [1.29, 1.82) is 0 Å². The third kappa shape index (κ3) is 6.32. The van der Waals surface area contributed by atoms with Gasteiger partial charge < -0.3 is 5.32 Å². The fraction of sp³-hybridized carbons (Fsp3) is 0.471. The van der Waals surface area contributed by atoms with E-state index >= 15 is 0 Å². The number of hydrogen-bond donors (Lipinski definition) is 1. The van der Waals surface area contributed by atoms with Gasteiger partial charge in [-0.05, 0) is 98.3 Å². The zero-order chi connectivity index (χ0) is 26.4. The van der Waals surface area contributed by atoms with Gasteiger partial charge in [-0.2, -0.15) is 0 Å². The van der Waals surface area contributed by atoms with Crippen LogP contribution in [0.3, 0.4) is 0 Å². The SMILES string of the molecule is CC.CCCC1CCC(c2ccc(CC3NC(c4ccc(C)nc4)=CC4=C3C(=O)CC=C4)cc2C)CC1.[HH].[HH]. The molecule has 1 atom stereocenters. The van der Waals surface area contributed by atoms with Crippen LogP contribution in [0.25, 0.3) is 5.70 Å². The molecule has 3 nitrogen and oxygen atoms in total. The molecule has 1 fully saturated rings. The minimum Gasteiger partial charge on any atom is -0.377 e. The number of hydrogen-bond acceptors (Lipinski definition) is 3. The van der Waals surface area contributed by atoms with Gasteiger partial charge in [0.1, 0.15) is 0 Å². The molecular weight excluding hydrogens is 452 g/mol. The van der Waals surface area contributed by atoms with Crippen LogP contribution in [0.5, 0.6) is 0 Å². The van der Waals surface area contributed by atoms with Crippen LogP contribution in [0.15, 0.2) is 65.9 Å². The normalized spacial score (nSPS) is 23.0. The van der Waals surface area contributed by atoms with Crippen molar-refractivity contribution in [3.63, 3.8) is 0 Å². The number of pyridine rings is 1. The standard InChI is InChI=1S/C32H38N2O.C2H6.2H2/c1-4-6-23-10-14-25(15-11-23)28-16-12-24(17-21(28)2)18-30-32-26(7-5-8-31(32)35)19-29(34-30)27-13-9-22(3)33-20-27;1-2;;/h5,7,9,12-13,16-17,19-20,23,25,30,34H,4,6,8,10-11,14-15,18H2,1-3H3;1-2H3;2*1H. The number of ketones is 1. The van der Waals surface area contributed by atoms with E-state index in [4.69, 9.17) is 0 Å². The Bertz CT molecular complexity index is 1190. The average Bonchev–Trinajstić information content (AvgIpc) is 2.91. The van der Waals surface area contributed by atoms with E-state index in [1.807, 2.05) is 39.1 Å². The van der Waals surface area contributed by atoms with Crippen molar-refractivity contribution in [2.45, 2.75) is 97.9 Å². The first kappa shape index (κ1) is 27.1. The molecule has 1 saturated carbocycles. The lowest BCUT2D eigenvalue weighted by Crippen LogP contribution is -2.38. The topological polar surface area (TPSA) is 42.0 Å². The first-order valence-corrected chi connectivity index (χ1v) is 14.5. The summed E-state index contributed by atoms with van der Waals surface area (Å²) in [7, 11) is 0. The molecule has 0 radical (unpaired) electrons. The van der Waals surface area contributed by atoms with E-state index in [0.29, 0.717) is 12.3 Å². The molecule has 200 valence electrons. The fourth-order valence-electron chi connectivity index (χ4n) is 6.31. The highest BCUT2D eigenvalue weighted by Gasteiger charge is 2.30. The number of allylic oxidation sites excluding steroid dienone is 4. The molecule has 1 aliphatic heterocycles. The van der Waals surface area contributed by atoms with Crippen LogP contribution in [0, 0.1) is 19.8 Å². The van der Waals surface area contributed by atoms with Gasteiger partial charge in [-0.25, -0.2) is 0 Å². The number of benzene rings is 1. The number of rotatable bonds is 6. The number of dihydropyridines is 1. The van der Waals surface area contributed by atoms with Crippen molar-refractivity contribution in [1.82, 2.24) is 10.3 Å². The van der Waals surface area contributed by atoms with Gasteiger partial charge in [0.15, 0.2) is 5.78 Å². The Balaban J connectivity index is 0.00000130. The van der Waals surface area contributed by atoms with Gasteiger partial charge in [-0.3, -0.25) is 9.78 Å². The fourth-order valence-corrected chi connectivity index (χ4v) is 6.31. The Morgan fingerprint density at radius 2 is 1.84 bits per heavy atom. The lowest BCUT2D eigenvalue weighted by atomic mass is 9.76. The lowest BCUT2D eigenvalue weighted by molar-refractivity contribution is -0.115. The van der Waals surface area contributed by atoms with E-state index in [1.54, 1.807) is 0 Å². The van der Waals surface area contributed by atoms with Gasteiger partial charge in [-0.15, -0.1) is 0 Å². The largest absolute Gasteiger partial charge is 0.377 e. The number of nitrogens with one attached hydrogen (secondary N) is 1. The summed E-state index contributed by atoms with van der Waals surface area (Å²) in [4.78, 5) is 17.4. The summed E-state index contributed by atoms with van der Waals surface area (Å²) in [6.07, 6.45) is 17.5. The summed E-state index contributed by atoms with van der Waals surface area (Å²) in [5, 5.41) is 3.69. The van der Waals surface area contributed by atoms with Crippen LogP contribution in [-0.2, 0) is 11.2 Å². The van der Waals surface area contributed by atoms with Crippen molar-refractivity contribution < 1.29 is 7.65 Å². The van der Waals surface area contributed by atoms with Crippen LogP contribution in [-0.4, -0.2) is 16.8 Å². The zero-order valence-corrected chi connectivity index (χ0v) is 23.4. The maximum atomic E-state index is 12.9. The Morgan fingerprint density at radius 1 is 1.05 bits per heavy atom. The predicted octanol–water partition coefficient (Wildman–Crippen LogP) is 8.67. The highest BCUT2D eigenvalue weighted by atomic mass is 16.1. The van der Waals surface area contributed by atoms with Gasteiger partial charge in [0.25, 0.3) is 0 Å². The van der Waals surface area contributed by atoms with Gasteiger partial charge in [0, 0.05) is 38.0 Å². The number of carbonyl (C=O) groups excluding carboxylic acids is 1. The number of aromatic nitrogens is 1. The van der Waals surface area contributed by atoms with E-state index in [2.05, 4.69) is 60.6 Å².